The monoisotopic (exact) mass is 396 g/mol. The summed E-state index contributed by atoms with van der Waals surface area (Å²) < 4.78 is 0. The van der Waals surface area contributed by atoms with Crippen LogP contribution >= 0.6 is 0 Å². The molecule has 0 aromatic heterocycles. The van der Waals surface area contributed by atoms with Crippen LogP contribution in [0.2, 0.25) is 0 Å². The Balaban J connectivity index is 1.78. The molecule has 3 rings (SSSR count). The first-order chi connectivity index (χ1) is 13.9. The van der Waals surface area contributed by atoms with E-state index in [1.165, 1.54) is 24.3 Å². The summed E-state index contributed by atoms with van der Waals surface area (Å²) in [6.45, 7) is 1.41. The largest absolute Gasteiger partial charge is 0.325 e. The smallest absolute Gasteiger partial charge is 0.324 e. The molecule has 9 heteroatoms. The molecule has 0 unspecified atom stereocenters. The van der Waals surface area contributed by atoms with Gasteiger partial charge in [-0.15, -0.1) is 0 Å². The average molecular weight is 396 g/mol. The van der Waals surface area contributed by atoms with Crippen LogP contribution in [0.3, 0.4) is 0 Å². The lowest BCUT2D eigenvalue weighted by Gasteiger charge is -2.26. The van der Waals surface area contributed by atoms with Crippen molar-refractivity contribution in [3.8, 4) is 0 Å². The van der Waals surface area contributed by atoms with Gasteiger partial charge in [0.1, 0.15) is 12.1 Å². The summed E-state index contributed by atoms with van der Waals surface area (Å²) in [5, 5.41) is 16.1. The molecule has 29 heavy (non-hydrogen) atoms. The Morgan fingerprint density at radius 2 is 1.90 bits per heavy atom. The second kappa shape index (κ2) is 8.09. The molecule has 2 aromatic rings. The van der Waals surface area contributed by atoms with E-state index in [4.69, 9.17) is 0 Å². The molecular weight excluding hydrogens is 376 g/mol. The summed E-state index contributed by atoms with van der Waals surface area (Å²) in [7, 11) is 0. The van der Waals surface area contributed by atoms with Gasteiger partial charge in [-0.05, 0) is 18.1 Å². The van der Waals surface area contributed by atoms with Crippen molar-refractivity contribution >= 4 is 29.2 Å². The van der Waals surface area contributed by atoms with Crippen molar-refractivity contribution in [2.45, 2.75) is 25.3 Å². The van der Waals surface area contributed by atoms with E-state index in [1.807, 2.05) is 13.0 Å². The minimum absolute atomic E-state index is 0.177. The van der Waals surface area contributed by atoms with E-state index in [-0.39, 0.29) is 11.4 Å². The van der Waals surface area contributed by atoms with Gasteiger partial charge in [-0.25, -0.2) is 4.79 Å². The zero-order valence-corrected chi connectivity index (χ0v) is 15.8. The third-order valence-corrected chi connectivity index (χ3v) is 4.71. The molecule has 1 aliphatic rings. The Bertz CT molecular complexity index is 962. The molecule has 0 bridgehead atoms. The number of carbonyl (C=O) groups is 3. The molecule has 4 amide bonds. The number of non-ortho nitro benzene ring substituents is 1. The molecule has 150 valence electrons. The fourth-order valence-corrected chi connectivity index (χ4v) is 3.42. The Kier molecular flexibility index (Phi) is 5.58. The number of amides is 4. The lowest BCUT2D eigenvalue weighted by molar-refractivity contribution is -0.384. The number of anilines is 1. The van der Waals surface area contributed by atoms with Gasteiger partial charge in [0.05, 0.1) is 4.92 Å². The van der Waals surface area contributed by atoms with Gasteiger partial charge in [0.2, 0.25) is 5.91 Å². The molecule has 2 N–H and O–H groups in total. The fourth-order valence-electron chi connectivity index (χ4n) is 3.42. The van der Waals surface area contributed by atoms with Crippen molar-refractivity contribution in [1.29, 1.82) is 0 Å². The topological polar surface area (TPSA) is 122 Å². The Morgan fingerprint density at radius 1 is 1.17 bits per heavy atom. The fraction of sp³-hybridized carbons (Fsp3) is 0.250. The lowest BCUT2D eigenvalue weighted by atomic mass is 9.85. The van der Waals surface area contributed by atoms with Crippen molar-refractivity contribution in [3.63, 3.8) is 0 Å². The summed E-state index contributed by atoms with van der Waals surface area (Å²) in [6, 6.07) is 13.7. The van der Waals surface area contributed by atoms with Gasteiger partial charge in [0, 0.05) is 17.8 Å². The highest BCUT2D eigenvalue weighted by molar-refractivity contribution is 6.10. The third-order valence-electron chi connectivity index (χ3n) is 4.71. The van der Waals surface area contributed by atoms with Gasteiger partial charge < -0.3 is 10.6 Å². The molecule has 0 spiro atoms. The van der Waals surface area contributed by atoms with Crippen LogP contribution in [0.15, 0.2) is 54.6 Å². The minimum Gasteiger partial charge on any atom is -0.324 e. The predicted octanol–water partition coefficient (Wildman–Crippen LogP) is 2.78. The van der Waals surface area contributed by atoms with Gasteiger partial charge in [0.15, 0.2) is 0 Å². The number of nitro groups is 1. The Labute approximate surface area is 166 Å². The predicted molar refractivity (Wildman–Crippen MR) is 105 cm³/mol. The van der Waals surface area contributed by atoms with Crippen molar-refractivity contribution in [2.75, 3.05) is 11.9 Å². The average Bonchev–Trinajstić information content (AvgIpc) is 2.94. The summed E-state index contributed by atoms with van der Waals surface area (Å²) >= 11 is 0. The van der Waals surface area contributed by atoms with E-state index in [2.05, 4.69) is 10.6 Å². The molecule has 1 saturated heterocycles. The van der Waals surface area contributed by atoms with Gasteiger partial charge in [0.25, 0.3) is 11.6 Å². The Morgan fingerprint density at radius 3 is 2.55 bits per heavy atom. The first-order valence-electron chi connectivity index (χ1n) is 9.11. The van der Waals surface area contributed by atoms with Crippen molar-refractivity contribution < 1.29 is 19.3 Å². The molecule has 1 aliphatic heterocycles. The quantitative estimate of drug-likeness (QED) is 0.423. The van der Waals surface area contributed by atoms with E-state index in [0.29, 0.717) is 18.4 Å². The maximum absolute atomic E-state index is 13.1. The molecule has 9 nitrogen and oxygen atoms in total. The van der Waals surface area contributed by atoms with Crippen LogP contribution < -0.4 is 10.6 Å². The van der Waals surface area contributed by atoms with Crippen LogP contribution in [0.25, 0.3) is 0 Å². The van der Waals surface area contributed by atoms with E-state index in [9.17, 15) is 24.5 Å². The van der Waals surface area contributed by atoms with Crippen molar-refractivity contribution in [3.05, 3.63) is 70.3 Å². The highest BCUT2D eigenvalue weighted by Gasteiger charge is 2.52. The van der Waals surface area contributed by atoms with Gasteiger partial charge in [-0.2, -0.15) is 0 Å². The Hall–Kier alpha value is -3.75. The number of nitrogens with one attached hydrogen (secondary N) is 2. The number of hydrogen-bond acceptors (Lipinski definition) is 5. The summed E-state index contributed by atoms with van der Waals surface area (Å²) in [5.41, 5.74) is -0.524. The zero-order chi connectivity index (χ0) is 21.0. The molecule has 2 aromatic carbocycles. The van der Waals surface area contributed by atoms with Gasteiger partial charge in [-0.1, -0.05) is 49.7 Å². The van der Waals surface area contributed by atoms with E-state index >= 15 is 0 Å². The zero-order valence-electron chi connectivity index (χ0n) is 15.8. The molecule has 1 fully saturated rings. The van der Waals surface area contributed by atoms with E-state index < -0.39 is 34.9 Å². The van der Waals surface area contributed by atoms with E-state index in [1.54, 1.807) is 24.3 Å². The van der Waals surface area contributed by atoms with Crippen LogP contribution in [0.4, 0.5) is 16.2 Å². The highest BCUT2D eigenvalue weighted by atomic mass is 16.6. The highest BCUT2D eigenvalue weighted by Crippen LogP contribution is 2.33. The van der Waals surface area contributed by atoms with E-state index in [0.717, 1.165) is 4.90 Å². The number of imide groups is 1. The number of carbonyl (C=O) groups excluding carboxylic acids is 3. The van der Waals surface area contributed by atoms with Crippen LogP contribution in [-0.2, 0) is 15.1 Å². The van der Waals surface area contributed by atoms with Crippen LogP contribution in [0.1, 0.15) is 25.3 Å². The van der Waals surface area contributed by atoms with Gasteiger partial charge >= 0.3 is 6.03 Å². The third kappa shape index (κ3) is 3.93. The molecule has 0 saturated carbocycles. The van der Waals surface area contributed by atoms with Crippen molar-refractivity contribution in [2.24, 2.45) is 0 Å². The maximum Gasteiger partial charge on any atom is 0.325 e. The summed E-state index contributed by atoms with van der Waals surface area (Å²) in [4.78, 5) is 49.2. The summed E-state index contributed by atoms with van der Waals surface area (Å²) in [5.74, 6) is -1.13. The number of nitrogens with zero attached hydrogens (tertiary/aromatic N) is 2. The summed E-state index contributed by atoms with van der Waals surface area (Å²) in [6.07, 6.45) is 1.04. The van der Waals surface area contributed by atoms with Crippen molar-refractivity contribution in [1.82, 2.24) is 10.2 Å². The molecular formula is C20H20N4O5. The van der Waals surface area contributed by atoms with Crippen LogP contribution in [0, 0.1) is 10.1 Å². The van der Waals surface area contributed by atoms with Gasteiger partial charge in [-0.3, -0.25) is 24.6 Å². The molecule has 0 radical (unpaired) electrons. The maximum atomic E-state index is 13.1. The standard InChI is InChI=1S/C20H20N4O5/c1-2-11-20(14-7-4-3-5-8-14)18(26)23(19(27)22-20)13-17(25)21-15-9-6-10-16(12-15)24(28)29/h3-10,12H,2,11,13H2,1H3,(H,21,25)(H,22,27)/t20-/m0/s1. The van der Waals surface area contributed by atoms with Crippen LogP contribution in [-0.4, -0.2) is 34.2 Å². The molecule has 1 heterocycles. The SMILES string of the molecule is CCC[C@@]1(c2ccccc2)NC(=O)N(CC(=O)Nc2cccc([N+](=O)[O-])c2)C1=O. The number of rotatable bonds is 7. The normalized spacial score (nSPS) is 18.4. The first-order valence-corrected chi connectivity index (χ1v) is 9.11. The first kappa shape index (κ1) is 20.0. The second-order valence-electron chi connectivity index (χ2n) is 6.70. The lowest BCUT2D eigenvalue weighted by Crippen LogP contribution is -2.44. The molecule has 0 aliphatic carbocycles. The minimum atomic E-state index is -1.21. The number of benzene rings is 2. The molecule has 1 atom stereocenters. The second-order valence-corrected chi connectivity index (χ2v) is 6.70. The number of hydrogen-bond donors (Lipinski definition) is 2. The number of nitro benzene ring substituents is 1. The van der Waals surface area contributed by atoms with Crippen LogP contribution in [0.5, 0.6) is 0 Å². The number of urea groups is 1.